The van der Waals surface area contributed by atoms with E-state index in [0.717, 1.165) is 58.5 Å². The van der Waals surface area contributed by atoms with Crippen LogP contribution in [0.3, 0.4) is 0 Å². The lowest BCUT2D eigenvalue weighted by Gasteiger charge is -2.28. The molecule has 4 heterocycles. The van der Waals surface area contributed by atoms with Gasteiger partial charge in [0, 0.05) is 41.4 Å². The van der Waals surface area contributed by atoms with Crippen LogP contribution >= 0.6 is 0 Å². The largest absolute Gasteiger partial charge is 0.379 e. The predicted octanol–water partition coefficient (Wildman–Crippen LogP) is 3.61. The number of rotatable bonds is 4. The van der Waals surface area contributed by atoms with E-state index in [1.54, 1.807) is 0 Å². The monoisotopic (exact) mass is 374 g/mol. The van der Waals surface area contributed by atoms with Crippen LogP contribution in [0.4, 0.5) is 11.4 Å². The standard InChI is InChI=1S/C21H22N6O/c1-13(28)27-8-5-14(6-9-27)20-11-17-19(4-7-22-21(17)25-20)24-16-2-3-18-15(10-16)12-23-26-18/h2-5,7,10-13,28H,6,8-9H2,1H3,(H,23,26)(H2,22,24,25). The van der Waals surface area contributed by atoms with Crippen molar-refractivity contribution in [1.82, 2.24) is 25.1 Å². The van der Waals surface area contributed by atoms with E-state index in [0.29, 0.717) is 0 Å². The molecule has 4 aromatic rings. The van der Waals surface area contributed by atoms with Crippen LogP contribution in [0.1, 0.15) is 19.0 Å². The quantitative estimate of drug-likeness (QED) is 0.438. The number of aliphatic hydroxyl groups excluding tert-OH is 1. The maximum Gasteiger partial charge on any atom is 0.139 e. The zero-order chi connectivity index (χ0) is 19.1. The normalized spacial score (nSPS) is 16.4. The third-order valence-electron chi connectivity index (χ3n) is 5.37. The van der Waals surface area contributed by atoms with E-state index in [9.17, 15) is 5.11 Å². The van der Waals surface area contributed by atoms with Crippen LogP contribution in [0.2, 0.25) is 0 Å². The zero-order valence-corrected chi connectivity index (χ0v) is 15.6. The Labute approximate surface area is 162 Å². The van der Waals surface area contributed by atoms with E-state index >= 15 is 0 Å². The van der Waals surface area contributed by atoms with E-state index < -0.39 is 6.23 Å². The Hall–Kier alpha value is -3.16. The number of benzene rings is 1. The van der Waals surface area contributed by atoms with Crippen LogP contribution in [0.5, 0.6) is 0 Å². The summed E-state index contributed by atoms with van der Waals surface area (Å²) in [7, 11) is 0. The summed E-state index contributed by atoms with van der Waals surface area (Å²) >= 11 is 0. The Balaban J connectivity index is 1.46. The summed E-state index contributed by atoms with van der Waals surface area (Å²) in [6, 6.07) is 10.3. The third kappa shape index (κ3) is 3.04. The molecule has 1 aromatic carbocycles. The summed E-state index contributed by atoms with van der Waals surface area (Å²) in [5, 5.41) is 22.4. The fourth-order valence-electron chi connectivity index (χ4n) is 3.75. The molecule has 3 aromatic heterocycles. The molecule has 5 rings (SSSR count). The lowest BCUT2D eigenvalue weighted by Crippen LogP contribution is -2.36. The smallest absolute Gasteiger partial charge is 0.139 e. The van der Waals surface area contributed by atoms with Gasteiger partial charge in [-0.3, -0.25) is 10.00 Å². The van der Waals surface area contributed by atoms with Crippen molar-refractivity contribution in [2.24, 2.45) is 0 Å². The third-order valence-corrected chi connectivity index (χ3v) is 5.37. The second-order valence-electron chi connectivity index (χ2n) is 7.21. The van der Waals surface area contributed by atoms with Crippen LogP contribution in [0.15, 0.2) is 48.8 Å². The van der Waals surface area contributed by atoms with Gasteiger partial charge in [-0.2, -0.15) is 5.10 Å². The minimum atomic E-state index is -0.412. The SMILES string of the molecule is CC(O)N1CC=C(c2cc3c(Nc4ccc5[nH]ncc5c4)ccnc3[nH]2)CC1. The van der Waals surface area contributed by atoms with Crippen LogP contribution in [0.25, 0.3) is 27.5 Å². The van der Waals surface area contributed by atoms with Crippen molar-refractivity contribution in [2.45, 2.75) is 19.6 Å². The van der Waals surface area contributed by atoms with Gasteiger partial charge in [-0.1, -0.05) is 6.08 Å². The Morgan fingerprint density at radius 1 is 1.25 bits per heavy atom. The average Bonchev–Trinajstić information content (AvgIpc) is 3.35. The first-order chi connectivity index (χ1) is 13.7. The fourth-order valence-corrected chi connectivity index (χ4v) is 3.75. The van der Waals surface area contributed by atoms with Gasteiger partial charge in [0.05, 0.1) is 17.4 Å². The van der Waals surface area contributed by atoms with Gasteiger partial charge in [0.1, 0.15) is 11.9 Å². The highest BCUT2D eigenvalue weighted by Crippen LogP contribution is 2.31. The highest BCUT2D eigenvalue weighted by atomic mass is 16.3. The van der Waals surface area contributed by atoms with Crippen molar-refractivity contribution >= 4 is 38.9 Å². The molecule has 0 radical (unpaired) electrons. The Morgan fingerprint density at radius 3 is 3.00 bits per heavy atom. The van der Waals surface area contributed by atoms with Crippen LogP contribution in [0, 0.1) is 0 Å². The molecule has 0 fully saturated rings. The van der Waals surface area contributed by atoms with Gasteiger partial charge in [0.15, 0.2) is 0 Å². The van der Waals surface area contributed by atoms with Gasteiger partial charge in [-0.05, 0) is 49.2 Å². The molecule has 4 N–H and O–H groups in total. The Kier molecular flexibility index (Phi) is 4.11. The number of H-pyrrole nitrogens is 2. The van der Waals surface area contributed by atoms with Crippen LogP contribution in [-0.4, -0.2) is 49.5 Å². The highest BCUT2D eigenvalue weighted by molar-refractivity contribution is 5.95. The van der Waals surface area contributed by atoms with Gasteiger partial charge in [0.25, 0.3) is 0 Å². The lowest BCUT2D eigenvalue weighted by molar-refractivity contribution is 0.0267. The number of aromatic nitrogens is 4. The number of pyridine rings is 1. The molecular weight excluding hydrogens is 352 g/mol. The maximum atomic E-state index is 9.74. The van der Waals surface area contributed by atoms with Crippen LogP contribution < -0.4 is 5.32 Å². The molecule has 28 heavy (non-hydrogen) atoms. The average molecular weight is 374 g/mol. The van der Waals surface area contributed by atoms with Gasteiger partial charge < -0.3 is 15.4 Å². The molecule has 0 saturated heterocycles. The number of anilines is 2. The van der Waals surface area contributed by atoms with E-state index in [-0.39, 0.29) is 0 Å². The second kappa shape index (κ2) is 6.78. The summed E-state index contributed by atoms with van der Waals surface area (Å²) in [4.78, 5) is 9.99. The first-order valence-electron chi connectivity index (χ1n) is 9.47. The molecule has 1 unspecified atom stereocenters. The van der Waals surface area contributed by atoms with E-state index in [4.69, 9.17) is 0 Å². The maximum absolute atomic E-state index is 9.74. The molecule has 0 amide bonds. The van der Waals surface area contributed by atoms with Crippen molar-refractivity contribution < 1.29 is 5.11 Å². The minimum absolute atomic E-state index is 0.412. The number of hydrogen-bond donors (Lipinski definition) is 4. The number of aliphatic hydroxyl groups is 1. The van der Waals surface area contributed by atoms with Crippen molar-refractivity contribution in [1.29, 1.82) is 0 Å². The van der Waals surface area contributed by atoms with Gasteiger partial charge >= 0.3 is 0 Å². The van der Waals surface area contributed by atoms with E-state index in [1.807, 2.05) is 42.4 Å². The summed E-state index contributed by atoms with van der Waals surface area (Å²) in [6.07, 6.45) is 6.30. The van der Waals surface area contributed by atoms with Crippen molar-refractivity contribution in [2.75, 3.05) is 18.4 Å². The molecule has 142 valence electrons. The van der Waals surface area contributed by atoms with Crippen molar-refractivity contribution in [3.8, 4) is 0 Å². The Bertz CT molecular complexity index is 1170. The first kappa shape index (κ1) is 17.0. The topological polar surface area (TPSA) is 92.9 Å². The van der Waals surface area contributed by atoms with Crippen molar-refractivity contribution in [3.05, 3.63) is 54.5 Å². The van der Waals surface area contributed by atoms with Crippen LogP contribution in [-0.2, 0) is 0 Å². The molecule has 1 aliphatic rings. The van der Waals surface area contributed by atoms with Crippen molar-refractivity contribution in [3.63, 3.8) is 0 Å². The molecule has 0 saturated carbocycles. The number of nitrogens with zero attached hydrogens (tertiary/aromatic N) is 3. The summed E-state index contributed by atoms with van der Waals surface area (Å²) in [6.45, 7) is 3.41. The van der Waals surface area contributed by atoms with E-state index in [1.165, 1.54) is 5.57 Å². The number of hydrogen-bond acceptors (Lipinski definition) is 5. The molecule has 1 aliphatic heterocycles. The highest BCUT2D eigenvalue weighted by Gasteiger charge is 2.18. The molecule has 7 heteroatoms. The molecule has 0 aliphatic carbocycles. The number of aromatic amines is 2. The molecule has 0 spiro atoms. The summed E-state index contributed by atoms with van der Waals surface area (Å²) in [5.74, 6) is 0. The van der Waals surface area contributed by atoms with E-state index in [2.05, 4.69) is 43.7 Å². The molecule has 7 nitrogen and oxygen atoms in total. The zero-order valence-electron chi connectivity index (χ0n) is 15.6. The molecular formula is C21H22N6O. The molecule has 0 bridgehead atoms. The second-order valence-corrected chi connectivity index (χ2v) is 7.21. The number of fused-ring (bicyclic) bond motifs is 2. The molecule has 1 atom stereocenters. The van der Waals surface area contributed by atoms with Gasteiger partial charge in [-0.25, -0.2) is 4.98 Å². The number of nitrogens with one attached hydrogen (secondary N) is 3. The minimum Gasteiger partial charge on any atom is -0.379 e. The summed E-state index contributed by atoms with van der Waals surface area (Å²) < 4.78 is 0. The first-order valence-corrected chi connectivity index (χ1v) is 9.47. The summed E-state index contributed by atoms with van der Waals surface area (Å²) in [5.41, 5.74) is 6.26. The van der Waals surface area contributed by atoms with Gasteiger partial charge in [0.2, 0.25) is 0 Å². The van der Waals surface area contributed by atoms with Gasteiger partial charge in [-0.15, -0.1) is 0 Å². The Morgan fingerprint density at radius 2 is 2.18 bits per heavy atom. The predicted molar refractivity (Wildman–Crippen MR) is 111 cm³/mol. The lowest BCUT2D eigenvalue weighted by atomic mass is 10.0. The fraction of sp³-hybridized carbons (Fsp3) is 0.238.